The summed E-state index contributed by atoms with van der Waals surface area (Å²) in [5.41, 5.74) is -1.33. The van der Waals surface area contributed by atoms with E-state index in [0.29, 0.717) is 17.2 Å². The first kappa shape index (κ1) is 17.4. The van der Waals surface area contributed by atoms with Gasteiger partial charge in [0.15, 0.2) is 11.5 Å². The second-order valence-corrected chi connectivity index (χ2v) is 5.28. The van der Waals surface area contributed by atoms with Crippen LogP contribution in [0.3, 0.4) is 0 Å². The molecule has 0 atom stereocenters. The molecule has 0 aliphatic carbocycles. The second kappa shape index (κ2) is 6.80. The SMILES string of the molecule is N#CC(=Cc1ccccc1C(F)(F)F)C(=O)Nc1ccc2c(c1)OCO2. The fourth-order valence-electron chi connectivity index (χ4n) is 2.36. The Morgan fingerprint density at radius 2 is 1.88 bits per heavy atom. The topological polar surface area (TPSA) is 71.4 Å². The number of anilines is 1. The Kier molecular flexibility index (Phi) is 4.54. The number of nitriles is 1. The molecule has 0 spiro atoms. The van der Waals surface area contributed by atoms with Crippen LogP contribution in [-0.4, -0.2) is 12.7 Å². The maximum absolute atomic E-state index is 13.0. The summed E-state index contributed by atoms with van der Waals surface area (Å²) in [4.78, 5) is 12.3. The third-order valence-electron chi connectivity index (χ3n) is 3.56. The zero-order valence-corrected chi connectivity index (χ0v) is 13.1. The molecule has 5 nitrogen and oxygen atoms in total. The lowest BCUT2D eigenvalue weighted by Gasteiger charge is -2.10. The summed E-state index contributed by atoms with van der Waals surface area (Å²) in [5, 5.41) is 11.6. The highest BCUT2D eigenvalue weighted by Crippen LogP contribution is 2.35. The van der Waals surface area contributed by atoms with E-state index < -0.39 is 23.2 Å². The van der Waals surface area contributed by atoms with Crippen molar-refractivity contribution in [3.8, 4) is 17.6 Å². The van der Waals surface area contributed by atoms with Crippen LogP contribution < -0.4 is 14.8 Å². The lowest BCUT2D eigenvalue weighted by molar-refractivity contribution is -0.137. The normalized spacial score (nSPS) is 13.2. The molecule has 0 unspecified atom stereocenters. The summed E-state index contributed by atoms with van der Waals surface area (Å²) in [6, 6.07) is 10.9. The number of carbonyl (C=O) groups is 1. The molecule has 1 amide bonds. The molecule has 132 valence electrons. The maximum Gasteiger partial charge on any atom is 0.416 e. The Morgan fingerprint density at radius 3 is 2.62 bits per heavy atom. The van der Waals surface area contributed by atoms with Crippen molar-refractivity contribution >= 4 is 17.7 Å². The zero-order valence-electron chi connectivity index (χ0n) is 13.1. The van der Waals surface area contributed by atoms with E-state index in [1.165, 1.54) is 30.3 Å². The van der Waals surface area contributed by atoms with Gasteiger partial charge in [0, 0.05) is 11.8 Å². The summed E-state index contributed by atoms with van der Waals surface area (Å²) < 4.78 is 49.4. The molecule has 2 aromatic carbocycles. The lowest BCUT2D eigenvalue weighted by Crippen LogP contribution is -2.14. The molecule has 1 aliphatic rings. The molecule has 1 aliphatic heterocycles. The number of halogens is 3. The van der Waals surface area contributed by atoms with Crippen molar-refractivity contribution in [3.05, 3.63) is 59.2 Å². The number of fused-ring (bicyclic) bond motifs is 1. The molecule has 1 N–H and O–H groups in total. The summed E-state index contributed by atoms with van der Waals surface area (Å²) >= 11 is 0. The molecule has 0 radical (unpaired) electrons. The minimum absolute atomic E-state index is 0.0598. The third kappa shape index (κ3) is 3.62. The van der Waals surface area contributed by atoms with E-state index in [4.69, 9.17) is 9.47 Å². The van der Waals surface area contributed by atoms with Crippen LogP contribution in [0.1, 0.15) is 11.1 Å². The lowest BCUT2D eigenvalue weighted by atomic mass is 10.0. The number of amides is 1. The molecule has 8 heteroatoms. The van der Waals surface area contributed by atoms with Crippen LogP contribution in [0.4, 0.5) is 18.9 Å². The summed E-state index contributed by atoms with van der Waals surface area (Å²) in [5.74, 6) is 0.106. The molecular weight excluding hydrogens is 349 g/mol. The molecule has 0 fully saturated rings. The van der Waals surface area contributed by atoms with Gasteiger partial charge in [0.25, 0.3) is 5.91 Å². The number of nitrogens with one attached hydrogen (secondary N) is 1. The number of carbonyl (C=O) groups excluding carboxylic acids is 1. The van der Waals surface area contributed by atoms with Crippen LogP contribution in [0.2, 0.25) is 0 Å². The van der Waals surface area contributed by atoms with Crippen molar-refractivity contribution < 1.29 is 27.4 Å². The number of ether oxygens (including phenoxy) is 2. The van der Waals surface area contributed by atoms with Crippen molar-refractivity contribution in [3.63, 3.8) is 0 Å². The minimum atomic E-state index is -4.60. The van der Waals surface area contributed by atoms with Crippen LogP contribution in [0.15, 0.2) is 48.0 Å². The Labute approximate surface area is 146 Å². The van der Waals surface area contributed by atoms with Gasteiger partial charge in [-0.1, -0.05) is 18.2 Å². The molecule has 3 rings (SSSR count). The van der Waals surface area contributed by atoms with Crippen molar-refractivity contribution in [2.45, 2.75) is 6.18 Å². The van der Waals surface area contributed by atoms with Crippen LogP contribution in [0.25, 0.3) is 6.08 Å². The van der Waals surface area contributed by atoms with Crippen LogP contribution in [0.5, 0.6) is 11.5 Å². The number of rotatable bonds is 3. The Balaban J connectivity index is 1.86. The molecular formula is C18H11F3N2O3. The number of nitrogens with zero attached hydrogens (tertiary/aromatic N) is 1. The van der Waals surface area contributed by atoms with E-state index in [9.17, 15) is 23.2 Å². The van der Waals surface area contributed by atoms with Crippen molar-refractivity contribution in [1.29, 1.82) is 5.26 Å². The molecule has 2 aromatic rings. The van der Waals surface area contributed by atoms with Gasteiger partial charge in [-0.15, -0.1) is 0 Å². The number of benzene rings is 2. The van der Waals surface area contributed by atoms with Gasteiger partial charge in [-0.2, -0.15) is 18.4 Å². The fourth-order valence-corrected chi connectivity index (χ4v) is 2.36. The third-order valence-corrected chi connectivity index (χ3v) is 3.56. The van der Waals surface area contributed by atoms with Crippen LogP contribution in [-0.2, 0) is 11.0 Å². The Hall–Kier alpha value is -3.47. The summed E-state index contributed by atoms with van der Waals surface area (Å²) in [6.45, 7) is 0.0598. The van der Waals surface area contributed by atoms with Crippen LogP contribution >= 0.6 is 0 Å². The molecule has 1 heterocycles. The first-order valence-electron chi connectivity index (χ1n) is 7.37. The predicted molar refractivity (Wildman–Crippen MR) is 86.2 cm³/mol. The van der Waals surface area contributed by atoms with Crippen molar-refractivity contribution in [2.24, 2.45) is 0 Å². The average molecular weight is 360 g/mol. The summed E-state index contributed by atoms with van der Waals surface area (Å²) in [7, 11) is 0. The minimum Gasteiger partial charge on any atom is -0.454 e. The zero-order chi connectivity index (χ0) is 18.7. The number of hydrogen-bond donors (Lipinski definition) is 1. The van der Waals surface area contributed by atoms with E-state index in [0.717, 1.165) is 12.1 Å². The second-order valence-electron chi connectivity index (χ2n) is 5.28. The molecule has 0 saturated carbocycles. The van der Waals surface area contributed by atoms with E-state index in [2.05, 4.69) is 5.32 Å². The van der Waals surface area contributed by atoms with Gasteiger partial charge < -0.3 is 14.8 Å². The highest BCUT2D eigenvalue weighted by atomic mass is 19.4. The van der Waals surface area contributed by atoms with Gasteiger partial charge >= 0.3 is 6.18 Å². The van der Waals surface area contributed by atoms with Gasteiger partial charge in [-0.3, -0.25) is 4.79 Å². The standard InChI is InChI=1S/C18H11F3N2O3/c19-18(20,21)14-4-2-1-3-11(14)7-12(9-22)17(24)23-13-5-6-15-16(8-13)26-10-25-15/h1-8H,10H2,(H,23,24). The molecule has 0 bridgehead atoms. The average Bonchev–Trinajstić information content (AvgIpc) is 3.06. The number of alkyl halides is 3. The smallest absolute Gasteiger partial charge is 0.416 e. The summed E-state index contributed by atoms with van der Waals surface area (Å²) in [6.07, 6.45) is -3.69. The maximum atomic E-state index is 13.0. The van der Waals surface area contributed by atoms with Gasteiger partial charge in [-0.05, 0) is 29.8 Å². The van der Waals surface area contributed by atoms with Gasteiger partial charge in [0.2, 0.25) is 6.79 Å². The largest absolute Gasteiger partial charge is 0.454 e. The quantitative estimate of drug-likeness (QED) is 0.664. The molecule has 0 saturated heterocycles. The van der Waals surface area contributed by atoms with E-state index in [1.54, 1.807) is 12.1 Å². The van der Waals surface area contributed by atoms with E-state index in [-0.39, 0.29) is 12.4 Å². The van der Waals surface area contributed by atoms with Gasteiger partial charge in [0.1, 0.15) is 11.6 Å². The van der Waals surface area contributed by atoms with E-state index in [1.807, 2.05) is 0 Å². The van der Waals surface area contributed by atoms with Gasteiger partial charge in [0.05, 0.1) is 5.56 Å². The Morgan fingerprint density at radius 1 is 1.15 bits per heavy atom. The van der Waals surface area contributed by atoms with Gasteiger partial charge in [-0.25, -0.2) is 0 Å². The first-order chi connectivity index (χ1) is 12.4. The van der Waals surface area contributed by atoms with Crippen molar-refractivity contribution in [1.82, 2.24) is 0 Å². The highest BCUT2D eigenvalue weighted by Gasteiger charge is 2.32. The van der Waals surface area contributed by atoms with Crippen LogP contribution in [0, 0.1) is 11.3 Å². The predicted octanol–water partition coefficient (Wildman–Crippen LogP) is 3.98. The highest BCUT2D eigenvalue weighted by molar-refractivity contribution is 6.09. The molecule has 0 aromatic heterocycles. The molecule has 26 heavy (non-hydrogen) atoms. The Bertz CT molecular complexity index is 930. The van der Waals surface area contributed by atoms with E-state index >= 15 is 0 Å². The fraction of sp³-hybridized carbons (Fsp3) is 0.111. The first-order valence-corrected chi connectivity index (χ1v) is 7.37. The van der Waals surface area contributed by atoms with Crippen molar-refractivity contribution in [2.75, 3.05) is 12.1 Å². The monoisotopic (exact) mass is 360 g/mol. The number of hydrogen-bond acceptors (Lipinski definition) is 4.